The standard InChI is InChI=1S/C23H23NO5/c25-22(21-12-16-5-1-4-8-18(16)23(26)29-21)24(17-6-2-3-7-17)13-15-9-10-19-20(11-15)28-14-27-19/h1,4-5,8-11,17,21H,2-3,6-7,12-14H2. The van der Waals surface area contributed by atoms with Gasteiger partial charge in [-0.3, -0.25) is 4.79 Å². The van der Waals surface area contributed by atoms with E-state index in [0.29, 0.717) is 24.3 Å². The minimum absolute atomic E-state index is 0.114. The molecule has 1 fully saturated rings. The van der Waals surface area contributed by atoms with Gasteiger partial charge in [-0.1, -0.05) is 37.1 Å². The molecule has 0 aromatic heterocycles. The predicted molar refractivity (Wildman–Crippen MR) is 105 cm³/mol. The topological polar surface area (TPSA) is 65.1 Å². The fourth-order valence-electron chi connectivity index (χ4n) is 4.49. The van der Waals surface area contributed by atoms with Gasteiger partial charge in [-0.25, -0.2) is 4.79 Å². The van der Waals surface area contributed by atoms with Crippen LogP contribution in [0.2, 0.25) is 0 Å². The van der Waals surface area contributed by atoms with Crippen LogP contribution in [0.1, 0.15) is 47.2 Å². The third kappa shape index (κ3) is 3.43. The van der Waals surface area contributed by atoms with E-state index in [4.69, 9.17) is 14.2 Å². The monoisotopic (exact) mass is 393 g/mol. The van der Waals surface area contributed by atoms with Gasteiger partial charge in [-0.05, 0) is 42.2 Å². The van der Waals surface area contributed by atoms with Gasteiger partial charge in [-0.15, -0.1) is 0 Å². The van der Waals surface area contributed by atoms with E-state index in [1.165, 1.54) is 0 Å². The zero-order valence-electron chi connectivity index (χ0n) is 16.1. The molecule has 5 rings (SSSR count). The number of hydrogen-bond donors (Lipinski definition) is 0. The number of cyclic esters (lactones) is 1. The van der Waals surface area contributed by atoms with Gasteiger partial charge >= 0.3 is 5.97 Å². The highest BCUT2D eigenvalue weighted by atomic mass is 16.7. The summed E-state index contributed by atoms with van der Waals surface area (Å²) in [5.41, 5.74) is 2.41. The van der Waals surface area contributed by atoms with Crippen molar-refractivity contribution in [2.45, 2.75) is 50.8 Å². The third-order valence-electron chi connectivity index (χ3n) is 6.01. The molecule has 6 heteroatoms. The lowest BCUT2D eigenvalue weighted by atomic mass is 9.97. The Labute approximate surface area is 169 Å². The molecule has 2 aromatic carbocycles. The SMILES string of the molecule is O=C1OC(C(=O)N(Cc2ccc3c(c2)OCO3)C2CCCC2)Cc2ccccc21. The molecule has 0 saturated heterocycles. The highest BCUT2D eigenvalue weighted by Gasteiger charge is 2.37. The number of carbonyl (C=O) groups excluding carboxylic acids is 2. The van der Waals surface area contributed by atoms with Crippen LogP contribution in [0.15, 0.2) is 42.5 Å². The van der Waals surface area contributed by atoms with Crippen molar-refractivity contribution in [2.75, 3.05) is 6.79 Å². The Morgan fingerprint density at radius 1 is 1.03 bits per heavy atom. The number of hydrogen-bond acceptors (Lipinski definition) is 5. The Balaban J connectivity index is 1.39. The van der Waals surface area contributed by atoms with Crippen molar-refractivity contribution < 1.29 is 23.8 Å². The smallest absolute Gasteiger partial charge is 0.339 e. The first kappa shape index (κ1) is 18.0. The quantitative estimate of drug-likeness (QED) is 0.745. The van der Waals surface area contributed by atoms with Gasteiger partial charge in [0.25, 0.3) is 5.91 Å². The van der Waals surface area contributed by atoms with Gasteiger partial charge in [0.2, 0.25) is 6.79 Å². The number of ether oxygens (including phenoxy) is 3. The van der Waals surface area contributed by atoms with E-state index in [1.54, 1.807) is 6.07 Å². The van der Waals surface area contributed by atoms with E-state index in [9.17, 15) is 9.59 Å². The van der Waals surface area contributed by atoms with Crippen molar-refractivity contribution in [3.05, 3.63) is 59.2 Å². The minimum atomic E-state index is -0.771. The summed E-state index contributed by atoms with van der Waals surface area (Å²) in [6.45, 7) is 0.692. The van der Waals surface area contributed by atoms with E-state index in [1.807, 2.05) is 41.3 Å². The maximum Gasteiger partial charge on any atom is 0.339 e. The van der Waals surface area contributed by atoms with Crippen LogP contribution in [0.3, 0.4) is 0 Å². The molecule has 2 aromatic rings. The second-order valence-electron chi connectivity index (χ2n) is 7.85. The van der Waals surface area contributed by atoms with Crippen LogP contribution in [0.5, 0.6) is 11.5 Å². The first-order valence-electron chi connectivity index (χ1n) is 10.2. The first-order chi connectivity index (χ1) is 14.2. The second kappa shape index (κ2) is 7.43. The summed E-state index contributed by atoms with van der Waals surface area (Å²) in [7, 11) is 0. The van der Waals surface area contributed by atoms with Crippen LogP contribution in [-0.2, 0) is 22.5 Å². The molecule has 1 aliphatic carbocycles. The van der Waals surface area contributed by atoms with Crippen molar-refractivity contribution in [2.24, 2.45) is 0 Å². The molecule has 0 N–H and O–H groups in total. The molecular weight excluding hydrogens is 370 g/mol. The minimum Gasteiger partial charge on any atom is -0.454 e. The van der Waals surface area contributed by atoms with E-state index in [-0.39, 0.29) is 18.7 Å². The summed E-state index contributed by atoms with van der Waals surface area (Å²) in [6, 6.07) is 13.3. The molecule has 3 aliphatic rings. The molecule has 2 heterocycles. The average molecular weight is 393 g/mol. The van der Waals surface area contributed by atoms with Crippen molar-refractivity contribution in [3.8, 4) is 11.5 Å². The molecule has 150 valence electrons. The fourth-order valence-corrected chi connectivity index (χ4v) is 4.49. The molecule has 0 bridgehead atoms. The van der Waals surface area contributed by atoms with Gasteiger partial charge in [0.05, 0.1) is 5.56 Å². The Morgan fingerprint density at radius 3 is 2.69 bits per heavy atom. The maximum atomic E-state index is 13.5. The molecule has 29 heavy (non-hydrogen) atoms. The summed E-state index contributed by atoms with van der Waals surface area (Å²) < 4.78 is 16.4. The Morgan fingerprint density at radius 2 is 1.83 bits per heavy atom. The molecule has 6 nitrogen and oxygen atoms in total. The van der Waals surface area contributed by atoms with E-state index in [2.05, 4.69) is 0 Å². The number of benzene rings is 2. The van der Waals surface area contributed by atoms with Crippen LogP contribution in [0.25, 0.3) is 0 Å². The Bertz CT molecular complexity index is 950. The molecule has 0 spiro atoms. The normalized spacial score (nSPS) is 20.3. The molecule has 1 unspecified atom stereocenters. The molecule has 0 radical (unpaired) electrons. The molecule has 1 amide bonds. The Kier molecular flexibility index (Phi) is 4.62. The zero-order chi connectivity index (χ0) is 19.8. The highest BCUT2D eigenvalue weighted by Crippen LogP contribution is 2.34. The largest absolute Gasteiger partial charge is 0.454 e. The lowest BCUT2D eigenvalue weighted by Crippen LogP contribution is -2.47. The molecule has 2 aliphatic heterocycles. The Hall–Kier alpha value is -3.02. The summed E-state index contributed by atoms with van der Waals surface area (Å²) >= 11 is 0. The summed E-state index contributed by atoms with van der Waals surface area (Å²) in [5.74, 6) is 0.904. The number of amides is 1. The fraction of sp³-hybridized carbons (Fsp3) is 0.391. The summed E-state index contributed by atoms with van der Waals surface area (Å²) in [5, 5.41) is 0. The number of nitrogens with zero attached hydrogens (tertiary/aromatic N) is 1. The highest BCUT2D eigenvalue weighted by molar-refractivity contribution is 5.95. The van der Waals surface area contributed by atoms with Crippen LogP contribution in [0.4, 0.5) is 0 Å². The zero-order valence-corrected chi connectivity index (χ0v) is 16.1. The van der Waals surface area contributed by atoms with Crippen LogP contribution in [-0.4, -0.2) is 35.7 Å². The van der Waals surface area contributed by atoms with Crippen LogP contribution < -0.4 is 9.47 Å². The van der Waals surface area contributed by atoms with Gasteiger partial charge < -0.3 is 19.1 Å². The molecular formula is C23H23NO5. The second-order valence-corrected chi connectivity index (χ2v) is 7.85. The predicted octanol–water partition coefficient (Wildman–Crippen LogP) is 3.47. The van der Waals surface area contributed by atoms with Crippen molar-refractivity contribution >= 4 is 11.9 Å². The van der Waals surface area contributed by atoms with Crippen molar-refractivity contribution in [1.82, 2.24) is 4.90 Å². The van der Waals surface area contributed by atoms with Crippen molar-refractivity contribution in [1.29, 1.82) is 0 Å². The lowest BCUT2D eigenvalue weighted by molar-refractivity contribution is -0.144. The van der Waals surface area contributed by atoms with Gasteiger partial charge in [0, 0.05) is 19.0 Å². The summed E-state index contributed by atoms with van der Waals surface area (Å²) in [6.07, 6.45) is 3.84. The molecule has 1 atom stereocenters. The van der Waals surface area contributed by atoms with Gasteiger partial charge in [-0.2, -0.15) is 0 Å². The first-order valence-corrected chi connectivity index (χ1v) is 10.2. The number of fused-ring (bicyclic) bond motifs is 2. The van der Waals surface area contributed by atoms with E-state index >= 15 is 0 Å². The molecule has 1 saturated carbocycles. The van der Waals surface area contributed by atoms with Crippen LogP contribution >= 0.6 is 0 Å². The average Bonchev–Trinajstić information content (AvgIpc) is 3.43. The third-order valence-corrected chi connectivity index (χ3v) is 6.01. The van der Waals surface area contributed by atoms with E-state index in [0.717, 1.165) is 42.6 Å². The number of esters is 1. The van der Waals surface area contributed by atoms with E-state index < -0.39 is 12.1 Å². The summed E-state index contributed by atoms with van der Waals surface area (Å²) in [4.78, 5) is 27.8. The van der Waals surface area contributed by atoms with Gasteiger partial charge in [0.15, 0.2) is 17.6 Å². The van der Waals surface area contributed by atoms with Crippen molar-refractivity contribution in [3.63, 3.8) is 0 Å². The van der Waals surface area contributed by atoms with Crippen LogP contribution in [0, 0.1) is 0 Å². The van der Waals surface area contributed by atoms with Gasteiger partial charge in [0.1, 0.15) is 0 Å². The lowest BCUT2D eigenvalue weighted by Gasteiger charge is -2.34. The maximum absolute atomic E-state index is 13.5. The number of rotatable bonds is 4. The number of carbonyl (C=O) groups is 2.